The standard InChI is InChI=1S/C11H12BrNO/c1-7(2)6-10-13-9-5-3-4-8(12)11(9)14-10/h3-5,7H,6H2,1-2H3. The van der Waals surface area contributed by atoms with Crippen LogP contribution in [0, 0.1) is 5.92 Å². The monoisotopic (exact) mass is 253 g/mol. The van der Waals surface area contributed by atoms with Crippen molar-refractivity contribution in [1.29, 1.82) is 0 Å². The van der Waals surface area contributed by atoms with Gasteiger partial charge in [-0.15, -0.1) is 0 Å². The molecule has 0 saturated carbocycles. The molecule has 0 aliphatic heterocycles. The lowest BCUT2D eigenvalue weighted by Gasteiger charge is -1.97. The van der Waals surface area contributed by atoms with Crippen LogP contribution in [0.1, 0.15) is 19.7 Å². The van der Waals surface area contributed by atoms with Crippen molar-refractivity contribution in [3.05, 3.63) is 28.6 Å². The lowest BCUT2D eigenvalue weighted by Crippen LogP contribution is -1.93. The Morgan fingerprint density at radius 2 is 2.21 bits per heavy atom. The highest BCUT2D eigenvalue weighted by Crippen LogP contribution is 2.25. The predicted octanol–water partition coefficient (Wildman–Crippen LogP) is 3.79. The molecular formula is C11H12BrNO. The summed E-state index contributed by atoms with van der Waals surface area (Å²) in [4.78, 5) is 4.42. The number of aromatic nitrogens is 1. The first-order valence-corrected chi connectivity index (χ1v) is 5.50. The first kappa shape index (κ1) is 9.71. The normalized spacial score (nSPS) is 11.4. The van der Waals surface area contributed by atoms with Gasteiger partial charge in [0.1, 0.15) is 5.52 Å². The van der Waals surface area contributed by atoms with Crippen LogP contribution in [-0.2, 0) is 6.42 Å². The number of halogens is 1. The van der Waals surface area contributed by atoms with E-state index in [-0.39, 0.29) is 0 Å². The van der Waals surface area contributed by atoms with Crippen LogP contribution >= 0.6 is 15.9 Å². The molecule has 0 aliphatic rings. The van der Waals surface area contributed by atoms with E-state index in [9.17, 15) is 0 Å². The Kier molecular flexibility index (Phi) is 2.59. The van der Waals surface area contributed by atoms with Gasteiger partial charge in [-0.05, 0) is 34.0 Å². The highest BCUT2D eigenvalue weighted by molar-refractivity contribution is 9.10. The average molecular weight is 254 g/mol. The van der Waals surface area contributed by atoms with E-state index in [1.54, 1.807) is 0 Å². The van der Waals surface area contributed by atoms with Gasteiger partial charge in [0.2, 0.25) is 0 Å². The third-order valence-corrected chi connectivity index (χ3v) is 2.62. The van der Waals surface area contributed by atoms with Crippen LogP contribution in [0.4, 0.5) is 0 Å². The van der Waals surface area contributed by atoms with E-state index in [0.717, 1.165) is 27.9 Å². The van der Waals surface area contributed by atoms with Crippen LogP contribution in [0.3, 0.4) is 0 Å². The van der Waals surface area contributed by atoms with Gasteiger partial charge in [0, 0.05) is 6.42 Å². The molecule has 1 heterocycles. The lowest BCUT2D eigenvalue weighted by atomic mass is 10.1. The fourth-order valence-corrected chi connectivity index (χ4v) is 1.83. The molecule has 3 heteroatoms. The number of nitrogens with zero attached hydrogens (tertiary/aromatic N) is 1. The average Bonchev–Trinajstić information content (AvgIpc) is 2.47. The third kappa shape index (κ3) is 1.82. The molecule has 0 bridgehead atoms. The first-order valence-electron chi connectivity index (χ1n) is 4.70. The molecule has 0 atom stereocenters. The van der Waals surface area contributed by atoms with E-state index < -0.39 is 0 Å². The Labute approximate surface area is 91.5 Å². The minimum absolute atomic E-state index is 0.571. The maximum Gasteiger partial charge on any atom is 0.195 e. The van der Waals surface area contributed by atoms with Gasteiger partial charge in [-0.3, -0.25) is 0 Å². The maximum atomic E-state index is 5.65. The van der Waals surface area contributed by atoms with Gasteiger partial charge < -0.3 is 4.42 Å². The largest absolute Gasteiger partial charge is 0.439 e. The Hall–Kier alpha value is -0.830. The molecule has 74 valence electrons. The second-order valence-corrected chi connectivity index (χ2v) is 4.65. The summed E-state index contributed by atoms with van der Waals surface area (Å²) in [6.07, 6.45) is 0.890. The second-order valence-electron chi connectivity index (χ2n) is 3.79. The summed E-state index contributed by atoms with van der Waals surface area (Å²) in [5.74, 6) is 1.39. The van der Waals surface area contributed by atoms with Gasteiger partial charge in [-0.2, -0.15) is 0 Å². The number of para-hydroxylation sites is 1. The Balaban J connectivity index is 2.46. The zero-order valence-corrected chi connectivity index (χ0v) is 9.84. The molecule has 14 heavy (non-hydrogen) atoms. The van der Waals surface area contributed by atoms with Gasteiger partial charge in [-0.25, -0.2) is 4.98 Å². The van der Waals surface area contributed by atoms with E-state index in [2.05, 4.69) is 34.8 Å². The number of oxazole rings is 1. The quantitative estimate of drug-likeness (QED) is 0.814. The third-order valence-electron chi connectivity index (χ3n) is 1.99. The second kappa shape index (κ2) is 3.73. The topological polar surface area (TPSA) is 26.0 Å². The van der Waals surface area contributed by atoms with E-state index in [1.807, 2.05) is 18.2 Å². The summed E-state index contributed by atoms with van der Waals surface area (Å²) >= 11 is 3.44. The molecule has 0 spiro atoms. The maximum absolute atomic E-state index is 5.65. The first-order chi connectivity index (χ1) is 6.66. The number of benzene rings is 1. The van der Waals surface area contributed by atoms with Crippen LogP contribution in [0.15, 0.2) is 27.1 Å². The van der Waals surface area contributed by atoms with Crippen LogP contribution in [0.2, 0.25) is 0 Å². The number of hydrogen-bond acceptors (Lipinski definition) is 2. The van der Waals surface area contributed by atoms with Gasteiger partial charge >= 0.3 is 0 Å². The number of hydrogen-bond donors (Lipinski definition) is 0. The minimum Gasteiger partial charge on any atom is -0.439 e. The molecule has 2 nitrogen and oxygen atoms in total. The van der Waals surface area contributed by atoms with Crippen LogP contribution in [-0.4, -0.2) is 4.98 Å². The Bertz CT molecular complexity index is 447. The highest BCUT2D eigenvalue weighted by Gasteiger charge is 2.09. The van der Waals surface area contributed by atoms with E-state index in [1.165, 1.54) is 0 Å². The molecule has 2 aromatic rings. The predicted molar refractivity (Wildman–Crippen MR) is 60.3 cm³/mol. The van der Waals surface area contributed by atoms with E-state index >= 15 is 0 Å². The summed E-state index contributed by atoms with van der Waals surface area (Å²) in [6.45, 7) is 4.31. The zero-order chi connectivity index (χ0) is 10.1. The molecule has 1 aromatic heterocycles. The summed E-state index contributed by atoms with van der Waals surface area (Å²) in [5, 5.41) is 0. The van der Waals surface area contributed by atoms with Crippen LogP contribution < -0.4 is 0 Å². The molecule has 0 N–H and O–H groups in total. The van der Waals surface area contributed by atoms with Crippen molar-refractivity contribution < 1.29 is 4.42 Å². The van der Waals surface area contributed by atoms with Crippen molar-refractivity contribution in [2.45, 2.75) is 20.3 Å². The summed E-state index contributed by atoms with van der Waals surface area (Å²) < 4.78 is 6.62. The summed E-state index contributed by atoms with van der Waals surface area (Å²) in [5.41, 5.74) is 1.78. The molecule has 0 unspecified atom stereocenters. The fraction of sp³-hybridized carbons (Fsp3) is 0.364. The molecule has 0 aliphatic carbocycles. The molecule has 0 amide bonds. The Morgan fingerprint density at radius 3 is 2.86 bits per heavy atom. The van der Waals surface area contributed by atoms with Gasteiger partial charge in [-0.1, -0.05) is 19.9 Å². The van der Waals surface area contributed by atoms with Crippen molar-refractivity contribution in [1.82, 2.24) is 4.98 Å². The molecule has 0 fully saturated rings. The number of rotatable bonds is 2. The summed E-state index contributed by atoms with van der Waals surface area (Å²) in [7, 11) is 0. The van der Waals surface area contributed by atoms with Gasteiger partial charge in [0.15, 0.2) is 11.5 Å². The van der Waals surface area contributed by atoms with Gasteiger partial charge in [0.05, 0.1) is 4.47 Å². The Morgan fingerprint density at radius 1 is 1.43 bits per heavy atom. The smallest absolute Gasteiger partial charge is 0.195 e. The lowest BCUT2D eigenvalue weighted by molar-refractivity contribution is 0.481. The van der Waals surface area contributed by atoms with Crippen LogP contribution in [0.25, 0.3) is 11.1 Å². The molecule has 1 aromatic carbocycles. The van der Waals surface area contributed by atoms with E-state index in [0.29, 0.717) is 5.92 Å². The fourth-order valence-electron chi connectivity index (χ4n) is 1.40. The van der Waals surface area contributed by atoms with E-state index in [4.69, 9.17) is 4.42 Å². The molecule has 2 rings (SSSR count). The zero-order valence-electron chi connectivity index (χ0n) is 8.25. The van der Waals surface area contributed by atoms with Crippen molar-refractivity contribution in [3.8, 4) is 0 Å². The molecular weight excluding hydrogens is 242 g/mol. The SMILES string of the molecule is CC(C)Cc1nc2cccc(Br)c2o1. The molecule has 0 radical (unpaired) electrons. The summed E-state index contributed by atoms with van der Waals surface area (Å²) in [6, 6.07) is 5.90. The van der Waals surface area contributed by atoms with Crippen LogP contribution in [0.5, 0.6) is 0 Å². The molecule has 0 saturated heterocycles. The van der Waals surface area contributed by atoms with Gasteiger partial charge in [0.25, 0.3) is 0 Å². The van der Waals surface area contributed by atoms with Crippen molar-refractivity contribution in [2.75, 3.05) is 0 Å². The van der Waals surface area contributed by atoms with Crippen molar-refractivity contribution >= 4 is 27.0 Å². The minimum atomic E-state index is 0.571. The highest BCUT2D eigenvalue weighted by atomic mass is 79.9. The van der Waals surface area contributed by atoms with Crippen molar-refractivity contribution in [2.24, 2.45) is 5.92 Å². The number of fused-ring (bicyclic) bond motifs is 1. The van der Waals surface area contributed by atoms with Crippen molar-refractivity contribution in [3.63, 3.8) is 0 Å².